The molecule has 80 valence electrons. The smallest absolute Gasteiger partial charge is 0.0413 e. The van der Waals surface area contributed by atoms with E-state index in [1.165, 1.54) is 26.9 Å². The van der Waals surface area contributed by atoms with Crippen molar-refractivity contribution in [2.24, 2.45) is 0 Å². The van der Waals surface area contributed by atoms with Crippen LogP contribution in [0.5, 0.6) is 0 Å². The van der Waals surface area contributed by atoms with E-state index in [1.807, 2.05) is 17.4 Å². The van der Waals surface area contributed by atoms with Crippen LogP contribution in [-0.2, 0) is 0 Å². The van der Waals surface area contributed by atoms with Crippen molar-refractivity contribution in [3.05, 3.63) is 33.7 Å². The Morgan fingerprint density at radius 2 is 2.13 bits per heavy atom. The first-order valence-corrected chi connectivity index (χ1v) is 6.51. The van der Waals surface area contributed by atoms with Gasteiger partial charge in [-0.2, -0.15) is 0 Å². The van der Waals surface area contributed by atoms with Crippen molar-refractivity contribution >= 4 is 33.0 Å². The molecule has 1 atom stereocenters. The largest absolute Gasteiger partial charge is 0.140 e. The zero-order valence-corrected chi connectivity index (χ0v) is 10.9. The second kappa shape index (κ2) is 4.15. The summed E-state index contributed by atoms with van der Waals surface area (Å²) in [4.78, 5) is 1.51. The highest BCUT2D eigenvalue weighted by Crippen LogP contribution is 2.37. The molecule has 0 saturated heterocycles. The van der Waals surface area contributed by atoms with Gasteiger partial charge in [0, 0.05) is 14.6 Å². The number of fused-ring (bicyclic) bond motifs is 1. The third-order valence-electron chi connectivity index (χ3n) is 3.00. The van der Waals surface area contributed by atoms with Gasteiger partial charge in [-0.3, -0.25) is 0 Å². The topological polar surface area (TPSA) is 0 Å². The first-order valence-electron chi connectivity index (χ1n) is 5.32. The second-order valence-electron chi connectivity index (χ2n) is 4.04. The van der Waals surface area contributed by atoms with Gasteiger partial charge in [0.25, 0.3) is 0 Å². The molecular weight excluding hydrogens is 224 g/mol. The van der Waals surface area contributed by atoms with Crippen molar-refractivity contribution in [3.63, 3.8) is 0 Å². The number of rotatable bonds is 2. The van der Waals surface area contributed by atoms with Crippen molar-refractivity contribution in [2.75, 3.05) is 0 Å². The van der Waals surface area contributed by atoms with E-state index in [0.717, 1.165) is 5.02 Å². The molecule has 1 aromatic heterocycles. The molecule has 0 radical (unpaired) electrons. The van der Waals surface area contributed by atoms with Crippen LogP contribution in [0.2, 0.25) is 5.02 Å². The van der Waals surface area contributed by atoms with E-state index in [4.69, 9.17) is 11.6 Å². The van der Waals surface area contributed by atoms with Crippen LogP contribution in [0.25, 0.3) is 10.1 Å². The Hall–Kier alpha value is -0.530. The van der Waals surface area contributed by atoms with Gasteiger partial charge in [-0.1, -0.05) is 25.4 Å². The zero-order chi connectivity index (χ0) is 11.0. The monoisotopic (exact) mass is 238 g/mol. The van der Waals surface area contributed by atoms with Crippen LogP contribution in [0.1, 0.15) is 36.6 Å². The Labute approximate surface area is 99.9 Å². The average Bonchev–Trinajstić information content (AvgIpc) is 2.55. The van der Waals surface area contributed by atoms with Crippen LogP contribution in [0, 0.1) is 6.92 Å². The number of benzene rings is 1. The first-order chi connectivity index (χ1) is 7.13. The Balaban J connectivity index is 2.64. The van der Waals surface area contributed by atoms with Crippen LogP contribution in [0.4, 0.5) is 0 Å². The minimum Gasteiger partial charge on any atom is -0.140 e. The van der Waals surface area contributed by atoms with Gasteiger partial charge in [-0.15, -0.1) is 11.3 Å². The van der Waals surface area contributed by atoms with Gasteiger partial charge in [-0.25, -0.2) is 0 Å². The quantitative estimate of drug-likeness (QED) is 0.659. The number of halogens is 1. The summed E-state index contributed by atoms with van der Waals surface area (Å²) in [6.45, 7) is 6.73. The normalized spacial score (nSPS) is 13.3. The molecule has 0 nitrogen and oxygen atoms in total. The Morgan fingerprint density at radius 3 is 2.80 bits per heavy atom. The van der Waals surface area contributed by atoms with Crippen molar-refractivity contribution in [3.8, 4) is 0 Å². The summed E-state index contributed by atoms with van der Waals surface area (Å²) in [5.74, 6) is 0.654. The van der Waals surface area contributed by atoms with E-state index in [1.54, 1.807) is 0 Å². The second-order valence-corrected chi connectivity index (χ2v) is 5.56. The first kappa shape index (κ1) is 11.0. The maximum Gasteiger partial charge on any atom is 0.0413 e. The van der Waals surface area contributed by atoms with Crippen molar-refractivity contribution in [1.29, 1.82) is 0 Å². The van der Waals surface area contributed by atoms with E-state index < -0.39 is 0 Å². The summed E-state index contributed by atoms with van der Waals surface area (Å²) in [6.07, 6.45) is 1.20. The van der Waals surface area contributed by atoms with E-state index in [9.17, 15) is 0 Å². The minimum absolute atomic E-state index is 0.654. The van der Waals surface area contributed by atoms with E-state index in [-0.39, 0.29) is 0 Å². The lowest BCUT2D eigenvalue weighted by Crippen LogP contribution is -1.88. The van der Waals surface area contributed by atoms with Gasteiger partial charge >= 0.3 is 0 Å². The average molecular weight is 239 g/mol. The molecule has 0 aliphatic carbocycles. The molecule has 0 spiro atoms. The predicted octanol–water partition coefficient (Wildman–Crippen LogP) is 5.38. The van der Waals surface area contributed by atoms with E-state index in [2.05, 4.69) is 32.9 Å². The molecule has 0 aliphatic heterocycles. The summed E-state index contributed by atoms with van der Waals surface area (Å²) in [7, 11) is 0. The molecule has 2 heteroatoms. The fraction of sp³-hybridized carbons (Fsp3) is 0.385. The summed E-state index contributed by atoms with van der Waals surface area (Å²) in [5.41, 5.74) is 1.41. The molecule has 2 aromatic rings. The van der Waals surface area contributed by atoms with Crippen molar-refractivity contribution in [1.82, 2.24) is 0 Å². The van der Waals surface area contributed by atoms with Crippen LogP contribution in [-0.4, -0.2) is 0 Å². The maximum atomic E-state index is 6.02. The molecule has 0 saturated carbocycles. The number of aryl methyl sites for hydroxylation is 1. The third kappa shape index (κ3) is 1.91. The summed E-state index contributed by atoms with van der Waals surface area (Å²) >= 11 is 7.92. The number of hydrogen-bond acceptors (Lipinski definition) is 1. The predicted molar refractivity (Wildman–Crippen MR) is 70.3 cm³/mol. The van der Waals surface area contributed by atoms with Crippen LogP contribution in [0.15, 0.2) is 18.2 Å². The van der Waals surface area contributed by atoms with Crippen LogP contribution < -0.4 is 0 Å². The molecule has 0 bridgehead atoms. The third-order valence-corrected chi connectivity index (χ3v) is 4.73. The molecule has 2 rings (SSSR count). The fourth-order valence-electron chi connectivity index (χ4n) is 1.87. The molecule has 1 heterocycles. The van der Waals surface area contributed by atoms with Gasteiger partial charge in [-0.05, 0) is 48.4 Å². The molecule has 0 amide bonds. The van der Waals surface area contributed by atoms with Gasteiger partial charge < -0.3 is 0 Å². The molecule has 0 N–H and O–H groups in total. The highest BCUT2D eigenvalue weighted by molar-refractivity contribution is 7.19. The highest BCUT2D eigenvalue weighted by atomic mass is 35.5. The summed E-state index contributed by atoms with van der Waals surface area (Å²) in [6, 6.07) is 6.18. The van der Waals surface area contributed by atoms with E-state index in [0.29, 0.717) is 5.92 Å². The molecule has 1 unspecified atom stereocenters. The van der Waals surface area contributed by atoms with Crippen LogP contribution in [0.3, 0.4) is 0 Å². The Morgan fingerprint density at radius 1 is 1.40 bits per heavy atom. The van der Waals surface area contributed by atoms with Crippen molar-refractivity contribution in [2.45, 2.75) is 33.1 Å². The molecule has 0 fully saturated rings. The minimum atomic E-state index is 0.654. The Kier molecular flexibility index (Phi) is 3.03. The molecule has 1 aromatic carbocycles. The van der Waals surface area contributed by atoms with Gasteiger partial charge in [0.05, 0.1) is 0 Å². The van der Waals surface area contributed by atoms with E-state index >= 15 is 0 Å². The number of thiophene rings is 1. The molecular formula is C13H15ClS. The number of hydrogen-bond donors (Lipinski definition) is 0. The lowest BCUT2D eigenvalue weighted by molar-refractivity contribution is 0.744. The van der Waals surface area contributed by atoms with Crippen molar-refractivity contribution < 1.29 is 0 Å². The summed E-state index contributed by atoms with van der Waals surface area (Å²) < 4.78 is 1.35. The maximum absolute atomic E-state index is 6.02. The lowest BCUT2D eigenvalue weighted by Gasteiger charge is -2.06. The summed E-state index contributed by atoms with van der Waals surface area (Å²) in [5, 5.41) is 2.15. The lowest BCUT2D eigenvalue weighted by atomic mass is 10.0. The van der Waals surface area contributed by atoms with Gasteiger partial charge in [0.1, 0.15) is 0 Å². The highest BCUT2D eigenvalue weighted by Gasteiger charge is 2.13. The molecule has 0 aliphatic rings. The van der Waals surface area contributed by atoms with Gasteiger partial charge in [0.2, 0.25) is 0 Å². The SMILES string of the molecule is CCC(C)c1sc2ccc(Cl)cc2c1C. The zero-order valence-electron chi connectivity index (χ0n) is 9.30. The fourth-order valence-corrected chi connectivity index (χ4v) is 3.37. The molecule has 15 heavy (non-hydrogen) atoms. The standard InChI is InChI=1S/C13H15ClS/c1-4-8(2)13-9(3)11-7-10(14)5-6-12(11)15-13/h5-8H,4H2,1-3H3. The Bertz CT molecular complexity index is 484. The van der Waals surface area contributed by atoms with Gasteiger partial charge in [0.15, 0.2) is 0 Å². The van der Waals surface area contributed by atoms with Crippen LogP contribution >= 0.6 is 22.9 Å².